The van der Waals surface area contributed by atoms with Crippen LogP contribution in [0.25, 0.3) is 17.0 Å². The van der Waals surface area contributed by atoms with Crippen LogP contribution in [-0.4, -0.2) is 28.0 Å². The number of anilines is 2. The van der Waals surface area contributed by atoms with Gasteiger partial charge in [0.1, 0.15) is 5.70 Å². The second-order valence-electron chi connectivity index (χ2n) is 10.3. The monoisotopic (exact) mass is 676 g/mol. The van der Waals surface area contributed by atoms with E-state index in [1.807, 2.05) is 24.3 Å². The molecule has 0 saturated heterocycles. The number of hydrogen-bond donors (Lipinski definition) is 4. The number of benzene rings is 4. The normalized spacial score (nSPS) is 12.4. The molecular weight excluding hydrogens is 649 g/mol. The van der Waals surface area contributed by atoms with Crippen molar-refractivity contribution in [1.29, 1.82) is 0 Å². The summed E-state index contributed by atoms with van der Waals surface area (Å²) in [5.74, 6) is -1.68. The molecule has 3 amide bonds. The molecule has 4 aromatic carbocycles. The Kier molecular flexibility index (Phi) is 10.4. The van der Waals surface area contributed by atoms with Crippen LogP contribution in [0.3, 0.4) is 0 Å². The van der Waals surface area contributed by atoms with E-state index in [4.69, 9.17) is 11.6 Å². The summed E-state index contributed by atoms with van der Waals surface area (Å²) < 4.78 is 40.7. The van der Waals surface area contributed by atoms with E-state index < -0.39 is 34.7 Å². The van der Waals surface area contributed by atoms with Crippen LogP contribution in [0.2, 0.25) is 5.02 Å². The Hall–Kier alpha value is -5.00. The molecule has 0 aliphatic carbocycles. The van der Waals surface area contributed by atoms with E-state index in [0.29, 0.717) is 28.1 Å². The van der Waals surface area contributed by atoms with Crippen LogP contribution in [0.4, 0.5) is 24.5 Å². The zero-order valence-corrected chi connectivity index (χ0v) is 26.4. The highest BCUT2D eigenvalue weighted by atomic mass is 35.5. The number of amides is 3. The van der Waals surface area contributed by atoms with Crippen molar-refractivity contribution in [3.05, 3.63) is 131 Å². The van der Waals surface area contributed by atoms with Crippen molar-refractivity contribution in [3.63, 3.8) is 0 Å². The first kappa shape index (κ1) is 33.4. The highest BCUT2D eigenvalue weighted by molar-refractivity contribution is 8.00. The molecule has 240 valence electrons. The molecule has 0 spiro atoms. The predicted octanol–water partition coefficient (Wildman–Crippen LogP) is 8.76. The maximum Gasteiger partial charge on any atom is 0.418 e. The highest BCUT2D eigenvalue weighted by Crippen LogP contribution is 2.37. The third-order valence-electron chi connectivity index (χ3n) is 7.03. The Morgan fingerprint density at radius 3 is 2.40 bits per heavy atom. The number of aromatic amines is 1. The summed E-state index contributed by atoms with van der Waals surface area (Å²) in [7, 11) is 0. The van der Waals surface area contributed by atoms with Crippen LogP contribution in [0, 0.1) is 0 Å². The third-order valence-corrected chi connectivity index (χ3v) is 8.62. The summed E-state index contributed by atoms with van der Waals surface area (Å²) in [5.41, 5.74) is 0.862. The number of H-pyrrole nitrogens is 1. The van der Waals surface area contributed by atoms with Gasteiger partial charge in [0.05, 0.1) is 16.5 Å². The third kappa shape index (κ3) is 8.43. The first-order valence-electron chi connectivity index (χ1n) is 14.4. The summed E-state index contributed by atoms with van der Waals surface area (Å²) in [5, 5.41) is 7.91. The van der Waals surface area contributed by atoms with Gasteiger partial charge in [-0.05, 0) is 67.1 Å². The van der Waals surface area contributed by atoms with Crippen molar-refractivity contribution in [1.82, 2.24) is 10.3 Å². The number of aromatic nitrogens is 1. The van der Waals surface area contributed by atoms with Crippen LogP contribution in [0.1, 0.15) is 34.8 Å². The summed E-state index contributed by atoms with van der Waals surface area (Å²) in [4.78, 5) is 43.5. The van der Waals surface area contributed by atoms with E-state index in [2.05, 4.69) is 20.9 Å². The van der Waals surface area contributed by atoms with Crippen molar-refractivity contribution in [2.45, 2.75) is 29.7 Å². The highest BCUT2D eigenvalue weighted by Gasteiger charge is 2.34. The second-order valence-corrected chi connectivity index (χ2v) is 12.1. The maximum atomic E-state index is 13.6. The number of thioether (sulfide) groups is 1. The Balaban J connectivity index is 1.35. The Morgan fingerprint density at radius 2 is 1.66 bits per heavy atom. The van der Waals surface area contributed by atoms with Gasteiger partial charge in [-0.1, -0.05) is 61.0 Å². The standard InChI is InChI=1S/C35H28ClF3N4O3S/c1-2-31(34(46)42-29-16-15-23(36)18-27(29)35(37,38)39)47-25-12-8-11-24(19-25)41-33(45)30(43-32(44)21-9-4-3-5-10-21)17-22-20-40-28-14-7-6-13-26(22)28/h3-20,31,40H,2H2,1H3,(H,41,45)(H,42,46)(H,43,44)/b30-17-. The molecule has 0 saturated carbocycles. The molecule has 0 aliphatic heterocycles. The summed E-state index contributed by atoms with van der Waals surface area (Å²) in [6, 6.07) is 25.9. The van der Waals surface area contributed by atoms with Gasteiger partial charge in [0.25, 0.3) is 11.8 Å². The molecule has 5 aromatic rings. The quantitative estimate of drug-likeness (QED) is 0.0877. The minimum Gasteiger partial charge on any atom is -0.361 e. The van der Waals surface area contributed by atoms with E-state index in [1.54, 1.807) is 73.8 Å². The minimum absolute atomic E-state index is 0.00379. The van der Waals surface area contributed by atoms with Gasteiger partial charge in [-0.2, -0.15) is 13.2 Å². The molecule has 0 bridgehead atoms. The minimum atomic E-state index is -4.71. The zero-order chi connectivity index (χ0) is 33.6. The molecule has 47 heavy (non-hydrogen) atoms. The smallest absolute Gasteiger partial charge is 0.361 e. The van der Waals surface area contributed by atoms with Crippen LogP contribution in [0.5, 0.6) is 0 Å². The number of hydrogen-bond acceptors (Lipinski definition) is 4. The summed E-state index contributed by atoms with van der Waals surface area (Å²) >= 11 is 6.90. The van der Waals surface area contributed by atoms with E-state index in [9.17, 15) is 27.6 Å². The predicted molar refractivity (Wildman–Crippen MR) is 180 cm³/mol. The molecule has 12 heteroatoms. The Bertz CT molecular complexity index is 1960. The number of fused-ring (bicyclic) bond motifs is 1. The number of carbonyl (C=O) groups excluding carboxylic acids is 3. The van der Waals surface area contributed by atoms with Crippen LogP contribution < -0.4 is 16.0 Å². The van der Waals surface area contributed by atoms with Crippen molar-refractivity contribution < 1.29 is 27.6 Å². The van der Waals surface area contributed by atoms with Crippen molar-refractivity contribution in [2.75, 3.05) is 10.6 Å². The average Bonchev–Trinajstić information content (AvgIpc) is 3.46. The van der Waals surface area contributed by atoms with Crippen LogP contribution in [-0.2, 0) is 15.8 Å². The van der Waals surface area contributed by atoms with Gasteiger partial charge in [0.2, 0.25) is 5.91 Å². The molecule has 1 aromatic heterocycles. The van der Waals surface area contributed by atoms with Gasteiger partial charge >= 0.3 is 6.18 Å². The number of rotatable bonds is 10. The molecule has 1 atom stereocenters. The van der Waals surface area contributed by atoms with Crippen LogP contribution in [0.15, 0.2) is 114 Å². The fourth-order valence-corrected chi connectivity index (χ4v) is 5.90. The maximum absolute atomic E-state index is 13.6. The van der Waals surface area contributed by atoms with E-state index in [1.165, 1.54) is 6.07 Å². The van der Waals surface area contributed by atoms with Gasteiger partial charge in [-0.3, -0.25) is 14.4 Å². The SMILES string of the molecule is CCC(Sc1cccc(NC(=O)/C(=C/c2c[nH]c3ccccc23)NC(=O)c2ccccc2)c1)C(=O)Nc1ccc(Cl)cc1C(F)(F)F. The zero-order valence-electron chi connectivity index (χ0n) is 24.8. The van der Waals surface area contributed by atoms with E-state index >= 15 is 0 Å². The fourth-order valence-electron chi connectivity index (χ4n) is 4.72. The lowest BCUT2D eigenvalue weighted by molar-refractivity contribution is -0.137. The first-order chi connectivity index (χ1) is 22.5. The molecule has 0 radical (unpaired) electrons. The number of nitrogens with one attached hydrogen (secondary N) is 4. The molecule has 1 unspecified atom stereocenters. The molecule has 0 fully saturated rings. The molecule has 4 N–H and O–H groups in total. The van der Waals surface area contributed by atoms with Crippen molar-refractivity contribution in [3.8, 4) is 0 Å². The van der Waals surface area contributed by atoms with Gasteiger partial charge in [0, 0.05) is 43.8 Å². The average molecular weight is 677 g/mol. The number of carbonyl (C=O) groups is 3. The molecule has 1 heterocycles. The van der Waals surface area contributed by atoms with E-state index in [-0.39, 0.29) is 16.4 Å². The lowest BCUT2D eigenvalue weighted by atomic mass is 10.1. The summed E-state index contributed by atoms with van der Waals surface area (Å²) in [6.07, 6.45) is -1.08. The van der Waals surface area contributed by atoms with Crippen molar-refractivity contribution >= 4 is 69.4 Å². The molecule has 0 aliphatic rings. The Labute approximate surface area is 277 Å². The second kappa shape index (κ2) is 14.6. The van der Waals surface area contributed by atoms with Gasteiger partial charge in [0.15, 0.2) is 0 Å². The van der Waals surface area contributed by atoms with Gasteiger partial charge in [-0.25, -0.2) is 0 Å². The number of alkyl halides is 3. The number of para-hydroxylation sites is 1. The largest absolute Gasteiger partial charge is 0.418 e. The van der Waals surface area contributed by atoms with Gasteiger partial charge < -0.3 is 20.9 Å². The lowest BCUT2D eigenvalue weighted by Crippen LogP contribution is -2.30. The molecule has 5 rings (SSSR count). The van der Waals surface area contributed by atoms with Gasteiger partial charge in [-0.15, -0.1) is 11.8 Å². The van der Waals surface area contributed by atoms with Crippen LogP contribution >= 0.6 is 23.4 Å². The Morgan fingerprint density at radius 1 is 0.915 bits per heavy atom. The fraction of sp³-hybridized carbons (Fsp3) is 0.114. The molecule has 7 nitrogen and oxygen atoms in total. The number of halogens is 4. The lowest BCUT2D eigenvalue weighted by Gasteiger charge is -2.18. The summed E-state index contributed by atoms with van der Waals surface area (Å²) in [6.45, 7) is 1.74. The first-order valence-corrected chi connectivity index (χ1v) is 15.7. The van der Waals surface area contributed by atoms with E-state index in [0.717, 1.165) is 34.8 Å². The van der Waals surface area contributed by atoms with Crippen molar-refractivity contribution in [2.24, 2.45) is 0 Å². The molecular formula is C35H28ClF3N4O3S. The topological polar surface area (TPSA) is 103 Å².